The van der Waals surface area contributed by atoms with E-state index in [0.717, 1.165) is 36.0 Å². The summed E-state index contributed by atoms with van der Waals surface area (Å²) in [7, 11) is 0. The number of H-pyrrole nitrogens is 1. The molecule has 0 amide bonds. The first-order valence-electron chi connectivity index (χ1n) is 6.81. The van der Waals surface area contributed by atoms with Crippen LogP contribution < -0.4 is 0 Å². The lowest BCUT2D eigenvalue weighted by Gasteiger charge is -2.19. The highest BCUT2D eigenvalue weighted by molar-refractivity contribution is 5.92. The van der Waals surface area contributed by atoms with Crippen LogP contribution in [0.15, 0.2) is 42.0 Å². The van der Waals surface area contributed by atoms with Gasteiger partial charge in [-0.1, -0.05) is 24.3 Å². The van der Waals surface area contributed by atoms with Crippen LogP contribution in [0.2, 0.25) is 0 Å². The van der Waals surface area contributed by atoms with Gasteiger partial charge in [-0.05, 0) is 36.8 Å². The Balaban J connectivity index is 1.78. The molecule has 1 N–H and O–H groups in total. The lowest BCUT2D eigenvalue weighted by Crippen LogP contribution is -2.11. The zero-order valence-corrected chi connectivity index (χ0v) is 10.6. The van der Waals surface area contributed by atoms with E-state index in [1.807, 2.05) is 18.2 Å². The van der Waals surface area contributed by atoms with Crippen molar-refractivity contribution in [2.24, 2.45) is 5.92 Å². The topological polar surface area (TPSA) is 42.1 Å². The number of carbonyl (C=O) groups is 1. The maximum Gasteiger partial charge on any atom is 0.334 e. The molecule has 96 valence electrons. The van der Waals surface area contributed by atoms with Gasteiger partial charge in [-0.25, -0.2) is 4.79 Å². The van der Waals surface area contributed by atoms with Gasteiger partial charge >= 0.3 is 5.97 Å². The fourth-order valence-electron chi connectivity index (χ4n) is 3.25. The number of fused-ring (bicyclic) bond motifs is 2. The first kappa shape index (κ1) is 10.9. The quantitative estimate of drug-likeness (QED) is 0.790. The van der Waals surface area contributed by atoms with E-state index in [0.29, 0.717) is 0 Å². The van der Waals surface area contributed by atoms with Crippen molar-refractivity contribution < 1.29 is 9.53 Å². The number of rotatable bonds is 1. The molecule has 4 rings (SSSR count). The summed E-state index contributed by atoms with van der Waals surface area (Å²) in [5, 5.41) is 1.17. The molecule has 3 heteroatoms. The Hall–Kier alpha value is -2.03. The summed E-state index contributed by atoms with van der Waals surface area (Å²) < 4.78 is 5.59. The number of hydrogen-bond donors (Lipinski definition) is 1. The third-order valence-corrected chi connectivity index (χ3v) is 4.18. The molecule has 2 heterocycles. The minimum atomic E-state index is -0.133. The lowest BCUT2D eigenvalue weighted by molar-refractivity contribution is -0.139. The summed E-state index contributed by atoms with van der Waals surface area (Å²) in [6.45, 7) is 0. The fraction of sp³-hybridized carbons (Fsp3) is 0.312. The van der Waals surface area contributed by atoms with E-state index in [1.165, 1.54) is 5.39 Å². The Labute approximate surface area is 111 Å². The van der Waals surface area contributed by atoms with Crippen molar-refractivity contribution in [3.63, 3.8) is 0 Å². The second-order valence-electron chi connectivity index (χ2n) is 5.33. The van der Waals surface area contributed by atoms with Gasteiger partial charge in [-0.3, -0.25) is 0 Å². The summed E-state index contributed by atoms with van der Waals surface area (Å²) in [4.78, 5) is 15.3. The molecule has 2 aliphatic rings. The highest BCUT2D eigenvalue weighted by Gasteiger charge is 2.41. The van der Waals surface area contributed by atoms with Crippen molar-refractivity contribution in [3.05, 3.63) is 47.7 Å². The zero-order valence-electron chi connectivity index (χ0n) is 10.6. The molecular formula is C16H15NO2. The molecule has 19 heavy (non-hydrogen) atoms. The normalized spacial score (nSPS) is 26.1. The van der Waals surface area contributed by atoms with Crippen LogP contribution in [0.4, 0.5) is 0 Å². The van der Waals surface area contributed by atoms with Crippen LogP contribution in [0, 0.1) is 5.92 Å². The number of cyclic esters (lactones) is 1. The van der Waals surface area contributed by atoms with Gasteiger partial charge in [0.05, 0.1) is 5.69 Å². The van der Waals surface area contributed by atoms with E-state index in [4.69, 9.17) is 4.74 Å². The van der Waals surface area contributed by atoms with Crippen LogP contribution in [0.25, 0.3) is 10.9 Å². The second-order valence-corrected chi connectivity index (χ2v) is 5.33. The van der Waals surface area contributed by atoms with Gasteiger partial charge < -0.3 is 9.72 Å². The standard InChI is InChI=1S/C16H15NO2/c18-16-12-7-3-2-6-11(12)15(19-16)14-9-10-5-1-4-8-13(10)17-14/h1,4-5,7-9,11,15,17H,2-3,6H2. The number of carbonyl (C=O) groups excluding carboxylic acids is 1. The van der Waals surface area contributed by atoms with Gasteiger partial charge in [0.15, 0.2) is 0 Å². The van der Waals surface area contributed by atoms with Crippen LogP contribution in [0.3, 0.4) is 0 Å². The highest BCUT2D eigenvalue weighted by atomic mass is 16.6. The van der Waals surface area contributed by atoms with Gasteiger partial charge in [0.25, 0.3) is 0 Å². The van der Waals surface area contributed by atoms with Crippen LogP contribution in [-0.4, -0.2) is 11.0 Å². The molecule has 0 saturated carbocycles. The number of ether oxygens (including phenoxy) is 1. The molecular weight excluding hydrogens is 238 g/mol. The maximum atomic E-state index is 11.9. The molecule has 2 aromatic rings. The van der Waals surface area contributed by atoms with Crippen molar-refractivity contribution in [2.45, 2.75) is 25.4 Å². The second kappa shape index (κ2) is 3.98. The first-order chi connectivity index (χ1) is 9.33. The van der Waals surface area contributed by atoms with Crippen molar-refractivity contribution in [1.29, 1.82) is 0 Å². The van der Waals surface area contributed by atoms with E-state index in [9.17, 15) is 4.79 Å². The Bertz CT molecular complexity index is 650. The third-order valence-electron chi connectivity index (χ3n) is 4.18. The summed E-state index contributed by atoms with van der Waals surface area (Å²) in [6, 6.07) is 10.3. The summed E-state index contributed by atoms with van der Waals surface area (Å²) in [5.41, 5.74) is 3.00. The van der Waals surface area contributed by atoms with Gasteiger partial charge in [0.1, 0.15) is 6.10 Å². The Morgan fingerprint density at radius 1 is 1.26 bits per heavy atom. The number of hydrogen-bond acceptors (Lipinski definition) is 2. The molecule has 1 fully saturated rings. The molecule has 3 nitrogen and oxygen atoms in total. The largest absolute Gasteiger partial charge is 0.452 e. The van der Waals surface area contributed by atoms with Crippen LogP contribution >= 0.6 is 0 Å². The fourth-order valence-corrected chi connectivity index (χ4v) is 3.25. The summed E-state index contributed by atoms with van der Waals surface area (Å²) in [6.07, 6.45) is 5.10. The summed E-state index contributed by atoms with van der Waals surface area (Å²) >= 11 is 0. The molecule has 0 bridgehead atoms. The van der Waals surface area contributed by atoms with Gasteiger partial charge in [-0.2, -0.15) is 0 Å². The number of benzene rings is 1. The van der Waals surface area contributed by atoms with Gasteiger partial charge in [0, 0.05) is 17.0 Å². The van der Waals surface area contributed by atoms with Crippen molar-refractivity contribution in [2.75, 3.05) is 0 Å². The van der Waals surface area contributed by atoms with Gasteiger partial charge in [-0.15, -0.1) is 0 Å². The van der Waals surface area contributed by atoms with E-state index < -0.39 is 0 Å². The molecule has 0 spiro atoms. The third kappa shape index (κ3) is 1.61. The molecule has 2 unspecified atom stereocenters. The number of aromatic nitrogens is 1. The smallest absolute Gasteiger partial charge is 0.334 e. The molecule has 1 aliphatic carbocycles. The minimum Gasteiger partial charge on any atom is -0.452 e. The van der Waals surface area contributed by atoms with E-state index in [2.05, 4.69) is 23.2 Å². The van der Waals surface area contributed by atoms with E-state index >= 15 is 0 Å². The molecule has 1 saturated heterocycles. The molecule has 0 radical (unpaired) electrons. The zero-order chi connectivity index (χ0) is 12.8. The monoisotopic (exact) mass is 253 g/mol. The average Bonchev–Trinajstić information content (AvgIpc) is 3.01. The number of aromatic amines is 1. The number of esters is 1. The van der Waals surface area contributed by atoms with Gasteiger partial charge in [0.2, 0.25) is 0 Å². The SMILES string of the molecule is O=C1OC(c2cc3ccccc3[nH]2)C2CCCC=C12. The average molecular weight is 253 g/mol. The molecule has 1 aliphatic heterocycles. The summed E-state index contributed by atoms with van der Waals surface area (Å²) in [5.74, 6) is 0.0997. The molecule has 2 atom stereocenters. The maximum absolute atomic E-state index is 11.9. The van der Waals surface area contributed by atoms with E-state index in [1.54, 1.807) is 0 Å². The Morgan fingerprint density at radius 3 is 3.05 bits per heavy atom. The van der Waals surface area contributed by atoms with E-state index in [-0.39, 0.29) is 18.0 Å². The van der Waals surface area contributed by atoms with Crippen molar-refractivity contribution in [1.82, 2.24) is 4.98 Å². The predicted molar refractivity (Wildman–Crippen MR) is 72.6 cm³/mol. The van der Waals surface area contributed by atoms with Crippen LogP contribution in [0.5, 0.6) is 0 Å². The number of para-hydroxylation sites is 1. The highest BCUT2D eigenvalue weighted by Crippen LogP contribution is 2.44. The molecule has 1 aromatic carbocycles. The number of allylic oxidation sites excluding steroid dienone is 1. The lowest BCUT2D eigenvalue weighted by atomic mass is 9.85. The Kier molecular flexibility index (Phi) is 2.28. The first-order valence-corrected chi connectivity index (χ1v) is 6.81. The van der Waals surface area contributed by atoms with Crippen LogP contribution in [0.1, 0.15) is 31.1 Å². The number of nitrogens with one attached hydrogen (secondary N) is 1. The van der Waals surface area contributed by atoms with Crippen molar-refractivity contribution >= 4 is 16.9 Å². The van der Waals surface area contributed by atoms with Crippen molar-refractivity contribution in [3.8, 4) is 0 Å². The van der Waals surface area contributed by atoms with Crippen LogP contribution in [-0.2, 0) is 9.53 Å². The molecule has 1 aromatic heterocycles. The Morgan fingerprint density at radius 2 is 2.16 bits per heavy atom. The minimum absolute atomic E-state index is 0.131. The predicted octanol–water partition coefficient (Wildman–Crippen LogP) is 3.49.